The minimum absolute atomic E-state index is 0.0869. The van der Waals surface area contributed by atoms with E-state index in [9.17, 15) is 4.79 Å². The Morgan fingerprint density at radius 1 is 1.35 bits per heavy atom. The Labute approximate surface area is 105 Å². The normalized spacial score (nSPS) is 11.9. The molecule has 0 radical (unpaired) electrons. The van der Waals surface area contributed by atoms with Gasteiger partial charge in [0.15, 0.2) is 0 Å². The summed E-state index contributed by atoms with van der Waals surface area (Å²) in [6, 6.07) is 2.16. The van der Waals surface area contributed by atoms with Crippen LogP contribution in [0.5, 0.6) is 0 Å². The number of amides is 1. The third-order valence-electron chi connectivity index (χ3n) is 2.79. The van der Waals surface area contributed by atoms with Gasteiger partial charge in [-0.3, -0.25) is 4.79 Å². The van der Waals surface area contributed by atoms with Crippen molar-refractivity contribution in [3.05, 3.63) is 0 Å². The topological polar surface area (TPSA) is 70.1 Å². The standard InChI is InChI=1S/C13H25N3O/c1-3-16(11-12(2)10-15)13(17)8-6-4-5-7-9-14/h12H,3-9,11,14H2,1-2H3. The van der Waals surface area contributed by atoms with Crippen LogP contribution in [0.2, 0.25) is 0 Å². The average Bonchev–Trinajstić information content (AvgIpc) is 2.34. The van der Waals surface area contributed by atoms with Gasteiger partial charge in [0.2, 0.25) is 5.91 Å². The molecule has 0 aromatic heterocycles. The second-order valence-corrected chi connectivity index (χ2v) is 4.42. The summed E-state index contributed by atoms with van der Waals surface area (Å²) >= 11 is 0. The predicted octanol–water partition coefficient (Wildman–Crippen LogP) is 1.90. The Kier molecular flexibility index (Phi) is 9.46. The van der Waals surface area contributed by atoms with Gasteiger partial charge in [-0.15, -0.1) is 0 Å². The molecule has 4 heteroatoms. The van der Waals surface area contributed by atoms with Crippen molar-refractivity contribution in [1.29, 1.82) is 5.26 Å². The van der Waals surface area contributed by atoms with Crippen LogP contribution in [-0.2, 0) is 4.79 Å². The van der Waals surface area contributed by atoms with E-state index in [0.717, 1.165) is 32.2 Å². The van der Waals surface area contributed by atoms with Crippen LogP contribution in [0.25, 0.3) is 0 Å². The van der Waals surface area contributed by atoms with Crippen LogP contribution >= 0.6 is 0 Å². The quantitative estimate of drug-likeness (QED) is 0.625. The highest BCUT2D eigenvalue weighted by Gasteiger charge is 2.13. The van der Waals surface area contributed by atoms with Crippen molar-refractivity contribution in [2.45, 2.75) is 46.0 Å². The molecular formula is C13H25N3O. The van der Waals surface area contributed by atoms with Crippen molar-refractivity contribution in [3.8, 4) is 6.07 Å². The smallest absolute Gasteiger partial charge is 0.222 e. The monoisotopic (exact) mass is 239 g/mol. The van der Waals surface area contributed by atoms with Gasteiger partial charge in [-0.1, -0.05) is 12.8 Å². The zero-order valence-corrected chi connectivity index (χ0v) is 11.1. The number of nitrogens with zero attached hydrogens (tertiary/aromatic N) is 2. The molecule has 1 unspecified atom stereocenters. The number of unbranched alkanes of at least 4 members (excludes halogenated alkanes) is 3. The molecule has 0 bridgehead atoms. The van der Waals surface area contributed by atoms with Gasteiger partial charge in [0.1, 0.15) is 0 Å². The van der Waals surface area contributed by atoms with Crippen molar-refractivity contribution in [2.24, 2.45) is 11.7 Å². The molecule has 0 aromatic carbocycles. The molecule has 0 aliphatic rings. The zero-order chi connectivity index (χ0) is 13.1. The Hall–Kier alpha value is -1.08. The first-order valence-corrected chi connectivity index (χ1v) is 6.53. The SMILES string of the molecule is CCN(CC(C)C#N)C(=O)CCCCCCN. The maximum atomic E-state index is 11.9. The molecule has 1 amide bonds. The number of hydrogen-bond acceptors (Lipinski definition) is 3. The van der Waals surface area contributed by atoms with E-state index < -0.39 is 0 Å². The molecule has 4 nitrogen and oxygen atoms in total. The minimum atomic E-state index is -0.0869. The summed E-state index contributed by atoms with van der Waals surface area (Å²) < 4.78 is 0. The second-order valence-electron chi connectivity index (χ2n) is 4.42. The fourth-order valence-electron chi connectivity index (χ4n) is 1.71. The van der Waals surface area contributed by atoms with Crippen molar-refractivity contribution in [3.63, 3.8) is 0 Å². The van der Waals surface area contributed by atoms with Gasteiger partial charge in [0, 0.05) is 19.5 Å². The highest BCUT2D eigenvalue weighted by Crippen LogP contribution is 2.07. The van der Waals surface area contributed by atoms with E-state index in [4.69, 9.17) is 11.0 Å². The Bertz CT molecular complexity index is 248. The average molecular weight is 239 g/mol. The fourth-order valence-corrected chi connectivity index (χ4v) is 1.71. The van der Waals surface area contributed by atoms with Crippen molar-refractivity contribution >= 4 is 5.91 Å². The molecule has 0 aliphatic heterocycles. The van der Waals surface area contributed by atoms with Gasteiger partial charge in [0.05, 0.1) is 12.0 Å². The third kappa shape index (κ3) is 7.76. The Balaban J connectivity index is 3.81. The summed E-state index contributed by atoms with van der Waals surface area (Å²) in [6.07, 6.45) is 4.72. The lowest BCUT2D eigenvalue weighted by Gasteiger charge is -2.21. The van der Waals surface area contributed by atoms with E-state index in [0.29, 0.717) is 19.5 Å². The van der Waals surface area contributed by atoms with Gasteiger partial charge in [-0.05, 0) is 33.2 Å². The van der Waals surface area contributed by atoms with Crippen molar-refractivity contribution in [1.82, 2.24) is 4.90 Å². The maximum absolute atomic E-state index is 11.9. The van der Waals surface area contributed by atoms with E-state index in [-0.39, 0.29) is 11.8 Å². The molecule has 98 valence electrons. The van der Waals surface area contributed by atoms with E-state index in [1.165, 1.54) is 0 Å². The molecule has 0 saturated heterocycles. The van der Waals surface area contributed by atoms with Gasteiger partial charge >= 0.3 is 0 Å². The molecule has 1 atom stereocenters. The van der Waals surface area contributed by atoms with Crippen LogP contribution in [0.15, 0.2) is 0 Å². The van der Waals surface area contributed by atoms with Gasteiger partial charge < -0.3 is 10.6 Å². The van der Waals surface area contributed by atoms with E-state index in [1.807, 2.05) is 13.8 Å². The third-order valence-corrected chi connectivity index (χ3v) is 2.79. The summed E-state index contributed by atoms with van der Waals surface area (Å²) in [5, 5.41) is 8.73. The molecule has 0 aromatic rings. The molecule has 0 spiro atoms. The summed E-state index contributed by atoms with van der Waals surface area (Å²) in [6.45, 7) is 5.77. The molecule has 17 heavy (non-hydrogen) atoms. The van der Waals surface area contributed by atoms with E-state index >= 15 is 0 Å². The predicted molar refractivity (Wildman–Crippen MR) is 69.2 cm³/mol. The Morgan fingerprint density at radius 2 is 2.00 bits per heavy atom. The summed E-state index contributed by atoms with van der Waals surface area (Å²) in [4.78, 5) is 13.6. The molecule has 2 N–H and O–H groups in total. The van der Waals surface area contributed by atoms with Crippen LogP contribution in [0, 0.1) is 17.2 Å². The lowest BCUT2D eigenvalue weighted by atomic mass is 10.1. The minimum Gasteiger partial charge on any atom is -0.342 e. The van der Waals surface area contributed by atoms with Crippen LogP contribution in [0.4, 0.5) is 0 Å². The van der Waals surface area contributed by atoms with Crippen molar-refractivity contribution < 1.29 is 4.79 Å². The zero-order valence-electron chi connectivity index (χ0n) is 11.1. The van der Waals surface area contributed by atoms with Gasteiger partial charge in [-0.2, -0.15) is 5.26 Å². The molecule has 0 saturated carbocycles. The number of carbonyl (C=O) groups is 1. The Morgan fingerprint density at radius 3 is 2.53 bits per heavy atom. The van der Waals surface area contributed by atoms with E-state index in [2.05, 4.69) is 6.07 Å². The summed E-state index contributed by atoms with van der Waals surface area (Å²) in [5.41, 5.74) is 5.40. The lowest BCUT2D eigenvalue weighted by molar-refractivity contribution is -0.131. The second kappa shape index (κ2) is 10.1. The van der Waals surface area contributed by atoms with Gasteiger partial charge in [0.25, 0.3) is 0 Å². The van der Waals surface area contributed by atoms with Crippen LogP contribution in [0.3, 0.4) is 0 Å². The largest absolute Gasteiger partial charge is 0.342 e. The first-order chi connectivity index (χ1) is 8.15. The van der Waals surface area contributed by atoms with Crippen LogP contribution < -0.4 is 5.73 Å². The van der Waals surface area contributed by atoms with Crippen LogP contribution in [0.1, 0.15) is 46.0 Å². The van der Waals surface area contributed by atoms with Gasteiger partial charge in [-0.25, -0.2) is 0 Å². The molecular weight excluding hydrogens is 214 g/mol. The highest BCUT2D eigenvalue weighted by molar-refractivity contribution is 5.76. The molecule has 0 fully saturated rings. The highest BCUT2D eigenvalue weighted by atomic mass is 16.2. The number of rotatable bonds is 9. The summed E-state index contributed by atoms with van der Waals surface area (Å²) in [7, 11) is 0. The number of nitrogens with two attached hydrogens (primary N) is 1. The first kappa shape index (κ1) is 15.9. The molecule has 0 heterocycles. The van der Waals surface area contributed by atoms with E-state index in [1.54, 1.807) is 4.90 Å². The maximum Gasteiger partial charge on any atom is 0.222 e. The summed E-state index contributed by atoms with van der Waals surface area (Å²) in [5.74, 6) is 0.0819. The molecule has 0 aliphatic carbocycles. The lowest BCUT2D eigenvalue weighted by Crippen LogP contribution is -2.34. The van der Waals surface area contributed by atoms with Crippen LogP contribution in [-0.4, -0.2) is 30.4 Å². The van der Waals surface area contributed by atoms with Crippen molar-refractivity contribution in [2.75, 3.05) is 19.6 Å². The molecule has 0 rings (SSSR count). The number of nitriles is 1. The number of carbonyl (C=O) groups excluding carboxylic acids is 1. The fraction of sp³-hybridized carbons (Fsp3) is 0.846. The first-order valence-electron chi connectivity index (χ1n) is 6.53. The number of hydrogen-bond donors (Lipinski definition) is 1.